The van der Waals surface area contributed by atoms with E-state index in [0.29, 0.717) is 17.6 Å². The third-order valence-corrected chi connectivity index (χ3v) is 4.47. The van der Waals surface area contributed by atoms with Crippen molar-refractivity contribution in [1.29, 1.82) is 0 Å². The first kappa shape index (κ1) is 14.7. The zero-order chi connectivity index (χ0) is 16.5. The van der Waals surface area contributed by atoms with Gasteiger partial charge in [-0.3, -0.25) is 0 Å². The first-order chi connectivity index (χ1) is 11.7. The van der Waals surface area contributed by atoms with Crippen molar-refractivity contribution in [2.45, 2.75) is 19.9 Å². The maximum Gasteiger partial charge on any atom is 0.257 e. The summed E-state index contributed by atoms with van der Waals surface area (Å²) in [5.41, 5.74) is 2.11. The zero-order valence-electron chi connectivity index (χ0n) is 13.1. The molecule has 3 aromatic heterocycles. The van der Waals surface area contributed by atoms with Gasteiger partial charge in [0.2, 0.25) is 11.7 Å². The Morgan fingerprint density at radius 2 is 1.92 bits per heavy atom. The van der Waals surface area contributed by atoms with E-state index in [1.165, 1.54) is 10.4 Å². The number of rotatable bonds is 4. The van der Waals surface area contributed by atoms with Gasteiger partial charge in [0, 0.05) is 5.56 Å². The van der Waals surface area contributed by atoms with Crippen LogP contribution in [0.1, 0.15) is 24.4 Å². The van der Waals surface area contributed by atoms with Crippen LogP contribution in [-0.2, 0) is 0 Å². The smallest absolute Gasteiger partial charge is 0.257 e. The predicted molar refractivity (Wildman–Crippen MR) is 89.4 cm³/mol. The lowest BCUT2D eigenvalue weighted by Gasteiger charge is -2.03. The molecule has 3 heterocycles. The Labute approximate surface area is 142 Å². The zero-order valence-corrected chi connectivity index (χ0v) is 13.9. The third-order valence-electron chi connectivity index (χ3n) is 3.61. The highest BCUT2D eigenvalue weighted by Gasteiger charge is 2.20. The maximum absolute atomic E-state index is 5.73. The third kappa shape index (κ3) is 2.71. The second-order valence-corrected chi connectivity index (χ2v) is 6.35. The number of benzene rings is 1. The van der Waals surface area contributed by atoms with Crippen molar-refractivity contribution in [3.63, 3.8) is 0 Å². The molecule has 0 N–H and O–H groups in total. The molecule has 0 aliphatic heterocycles. The fourth-order valence-corrected chi connectivity index (χ4v) is 2.85. The molecule has 0 saturated heterocycles. The normalized spacial score (nSPS) is 12.4. The molecule has 1 atom stereocenters. The van der Waals surface area contributed by atoms with Crippen molar-refractivity contribution in [2.75, 3.05) is 0 Å². The minimum atomic E-state index is -0.294. The Hall–Kier alpha value is -2.87. The van der Waals surface area contributed by atoms with E-state index in [9.17, 15) is 0 Å². The number of hydrogen-bond acceptors (Lipinski definition) is 7. The number of tetrazole rings is 1. The Morgan fingerprint density at radius 1 is 1.08 bits per heavy atom. The maximum atomic E-state index is 5.73. The van der Waals surface area contributed by atoms with Gasteiger partial charge in [-0.1, -0.05) is 35.9 Å². The summed E-state index contributed by atoms with van der Waals surface area (Å²) in [4.78, 5) is 2.42. The molecule has 4 rings (SSSR count). The topological polar surface area (TPSA) is 82.5 Å². The molecule has 0 radical (unpaired) electrons. The highest BCUT2D eigenvalue weighted by molar-refractivity contribution is 7.13. The minimum absolute atomic E-state index is 0.294. The van der Waals surface area contributed by atoms with Crippen LogP contribution >= 0.6 is 11.3 Å². The van der Waals surface area contributed by atoms with Gasteiger partial charge in [-0.25, -0.2) is 0 Å². The lowest BCUT2D eigenvalue weighted by atomic mass is 10.1. The molecule has 1 aromatic carbocycles. The van der Waals surface area contributed by atoms with Gasteiger partial charge in [0.1, 0.15) is 6.04 Å². The van der Waals surface area contributed by atoms with Gasteiger partial charge < -0.3 is 4.42 Å². The summed E-state index contributed by atoms with van der Waals surface area (Å²) in [6.45, 7) is 3.93. The summed E-state index contributed by atoms with van der Waals surface area (Å²) in [6.07, 6.45) is 0. The van der Waals surface area contributed by atoms with Crippen LogP contribution in [0.2, 0.25) is 0 Å². The van der Waals surface area contributed by atoms with E-state index in [4.69, 9.17) is 4.42 Å². The van der Waals surface area contributed by atoms with E-state index in [2.05, 4.69) is 25.6 Å². The molecular weight excluding hydrogens is 324 g/mol. The first-order valence-electron chi connectivity index (χ1n) is 7.44. The number of aryl methyl sites for hydroxylation is 1. The summed E-state index contributed by atoms with van der Waals surface area (Å²) in [7, 11) is 0. The lowest BCUT2D eigenvalue weighted by molar-refractivity contribution is 0.383. The van der Waals surface area contributed by atoms with E-state index in [-0.39, 0.29) is 6.04 Å². The molecule has 0 bridgehead atoms. The Morgan fingerprint density at radius 3 is 2.67 bits per heavy atom. The van der Waals surface area contributed by atoms with Gasteiger partial charge in [-0.2, -0.15) is 4.80 Å². The Kier molecular flexibility index (Phi) is 3.66. The highest BCUT2D eigenvalue weighted by atomic mass is 32.1. The number of nitrogens with zero attached hydrogens (tertiary/aromatic N) is 6. The minimum Gasteiger partial charge on any atom is -0.417 e. The van der Waals surface area contributed by atoms with Crippen LogP contribution in [0.5, 0.6) is 0 Å². The van der Waals surface area contributed by atoms with Crippen LogP contribution in [0, 0.1) is 6.92 Å². The van der Waals surface area contributed by atoms with Gasteiger partial charge in [-0.05, 0) is 30.5 Å². The molecule has 0 spiro atoms. The van der Waals surface area contributed by atoms with Crippen LogP contribution in [0.25, 0.3) is 22.2 Å². The number of thiophene rings is 1. The van der Waals surface area contributed by atoms with Gasteiger partial charge in [0.15, 0.2) is 0 Å². The Balaban J connectivity index is 1.59. The fourth-order valence-electron chi connectivity index (χ4n) is 2.21. The van der Waals surface area contributed by atoms with Crippen molar-refractivity contribution in [2.24, 2.45) is 0 Å². The van der Waals surface area contributed by atoms with E-state index in [1.807, 2.05) is 55.6 Å². The first-order valence-corrected chi connectivity index (χ1v) is 8.32. The highest BCUT2D eigenvalue weighted by Crippen LogP contribution is 2.25. The molecule has 4 aromatic rings. The molecule has 7 nitrogen and oxygen atoms in total. The summed E-state index contributed by atoms with van der Waals surface area (Å²) < 4.78 is 5.73. The van der Waals surface area contributed by atoms with Crippen molar-refractivity contribution in [3.8, 4) is 22.2 Å². The monoisotopic (exact) mass is 338 g/mol. The summed E-state index contributed by atoms with van der Waals surface area (Å²) >= 11 is 1.55. The molecule has 24 heavy (non-hydrogen) atoms. The van der Waals surface area contributed by atoms with Gasteiger partial charge in [0.05, 0.1) is 4.88 Å². The number of aromatic nitrogens is 6. The Bertz CT molecular complexity index is 941. The lowest BCUT2D eigenvalue weighted by Crippen LogP contribution is -2.11. The average molecular weight is 338 g/mol. The number of hydrogen-bond donors (Lipinski definition) is 0. The van der Waals surface area contributed by atoms with Crippen LogP contribution in [0.15, 0.2) is 46.2 Å². The van der Waals surface area contributed by atoms with Crippen molar-refractivity contribution < 1.29 is 4.42 Å². The quantitative estimate of drug-likeness (QED) is 0.567. The molecular formula is C16H14N6OS. The van der Waals surface area contributed by atoms with Crippen LogP contribution < -0.4 is 0 Å². The SMILES string of the molecule is Cc1ccc(-c2nnn([C@@H](C)c3nnc(-c4cccs4)o3)n2)cc1. The predicted octanol–water partition coefficient (Wildman–Crippen LogP) is 3.37. The summed E-state index contributed by atoms with van der Waals surface area (Å²) in [5, 5.41) is 22.8. The summed E-state index contributed by atoms with van der Waals surface area (Å²) in [6, 6.07) is 11.6. The molecule has 0 aliphatic carbocycles. The molecule has 0 fully saturated rings. The second kappa shape index (κ2) is 5.97. The second-order valence-electron chi connectivity index (χ2n) is 5.40. The molecule has 0 aliphatic rings. The van der Waals surface area contributed by atoms with Gasteiger partial charge >= 0.3 is 0 Å². The van der Waals surface area contributed by atoms with Crippen LogP contribution in [-0.4, -0.2) is 30.4 Å². The molecule has 0 saturated carbocycles. The van der Waals surface area contributed by atoms with Crippen LogP contribution in [0.4, 0.5) is 0 Å². The van der Waals surface area contributed by atoms with E-state index < -0.39 is 0 Å². The molecule has 8 heteroatoms. The van der Waals surface area contributed by atoms with Crippen LogP contribution in [0.3, 0.4) is 0 Å². The van der Waals surface area contributed by atoms with Crippen molar-refractivity contribution in [3.05, 3.63) is 53.2 Å². The van der Waals surface area contributed by atoms with Gasteiger partial charge in [0.25, 0.3) is 5.89 Å². The average Bonchev–Trinajstić information content (AvgIpc) is 3.34. The van der Waals surface area contributed by atoms with E-state index >= 15 is 0 Å². The van der Waals surface area contributed by atoms with Crippen molar-refractivity contribution in [1.82, 2.24) is 30.4 Å². The molecule has 0 unspecified atom stereocenters. The standard InChI is InChI=1S/C16H14N6OS/c1-10-5-7-12(8-6-10)14-17-21-22(20-14)11(2)15-18-19-16(23-15)13-4-3-9-24-13/h3-9,11H,1-2H3/t11-/m0/s1. The fraction of sp³-hybridized carbons (Fsp3) is 0.188. The van der Waals surface area contributed by atoms with E-state index in [1.54, 1.807) is 11.3 Å². The molecule has 120 valence electrons. The van der Waals surface area contributed by atoms with Crippen molar-refractivity contribution >= 4 is 11.3 Å². The summed E-state index contributed by atoms with van der Waals surface area (Å²) in [5.74, 6) is 1.52. The van der Waals surface area contributed by atoms with Gasteiger partial charge in [-0.15, -0.1) is 31.7 Å². The largest absolute Gasteiger partial charge is 0.417 e. The molecule has 0 amide bonds. The van der Waals surface area contributed by atoms with E-state index in [0.717, 1.165) is 10.4 Å².